The van der Waals surface area contributed by atoms with Gasteiger partial charge in [0.25, 0.3) is 0 Å². The molecule has 5 rings (SSSR count). The van der Waals surface area contributed by atoms with Crippen LogP contribution in [0.25, 0.3) is 0 Å². The number of anilines is 4. The van der Waals surface area contributed by atoms with E-state index in [0.717, 1.165) is 39.7 Å². The molecule has 0 radical (unpaired) electrons. The normalized spacial score (nSPS) is 20.1. The van der Waals surface area contributed by atoms with Gasteiger partial charge in [-0.25, -0.2) is 0 Å². The molecule has 2 aliphatic rings. The summed E-state index contributed by atoms with van der Waals surface area (Å²) in [5.74, 6) is 0. The first kappa shape index (κ1) is 17.6. The van der Waals surface area contributed by atoms with E-state index in [1.807, 2.05) is 36.4 Å². The molecule has 0 fully saturated rings. The van der Waals surface area contributed by atoms with Gasteiger partial charge in [-0.15, -0.1) is 0 Å². The van der Waals surface area contributed by atoms with Crippen molar-refractivity contribution >= 4 is 22.7 Å². The van der Waals surface area contributed by atoms with Crippen LogP contribution in [0.15, 0.2) is 96.3 Å². The smallest absolute Gasteiger partial charge is 0.0715 e. The van der Waals surface area contributed by atoms with E-state index in [4.69, 9.17) is 11.5 Å². The molecule has 1 atom stereocenters. The second-order valence-corrected chi connectivity index (χ2v) is 7.85. The topological polar surface area (TPSA) is 67.3 Å². The van der Waals surface area contributed by atoms with Crippen molar-refractivity contribution < 1.29 is 0 Å². The highest BCUT2D eigenvalue weighted by molar-refractivity contribution is 5.87. The molecule has 144 valence electrons. The van der Waals surface area contributed by atoms with Gasteiger partial charge >= 0.3 is 0 Å². The molecule has 1 aliphatic carbocycles. The molecular formula is C25H24N4. The van der Waals surface area contributed by atoms with Crippen molar-refractivity contribution in [3.05, 3.63) is 107 Å². The Bertz CT molecular complexity index is 1130. The number of allylic oxidation sites excluding steroid dienone is 1. The second kappa shape index (κ2) is 6.54. The Kier molecular flexibility index (Phi) is 3.96. The summed E-state index contributed by atoms with van der Waals surface area (Å²) in [5, 5.41) is 3.57. The first-order valence-corrected chi connectivity index (χ1v) is 9.84. The van der Waals surface area contributed by atoms with E-state index in [2.05, 4.69) is 65.7 Å². The maximum atomic E-state index is 6.90. The van der Waals surface area contributed by atoms with Crippen LogP contribution in [0.5, 0.6) is 0 Å². The van der Waals surface area contributed by atoms with E-state index < -0.39 is 5.54 Å². The monoisotopic (exact) mass is 380 g/mol. The summed E-state index contributed by atoms with van der Waals surface area (Å²) in [6, 6.07) is 24.8. The zero-order valence-electron chi connectivity index (χ0n) is 16.4. The van der Waals surface area contributed by atoms with E-state index in [0.29, 0.717) is 6.42 Å². The number of hydrogen-bond acceptors (Lipinski definition) is 4. The zero-order valence-corrected chi connectivity index (χ0v) is 16.4. The van der Waals surface area contributed by atoms with Crippen molar-refractivity contribution in [1.82, 2.24) is 0 Å². The van der Waals surface area contributed by atoms with Gasteiger partial charge in [0, 0.05) is 23.5 Å². The van der Waals surface area contributed by atoms with Gasteiger partial charge in [0.15, 0.2) is 0 Å². The Morgan fingerprint density at radius 3 is 2.48 bits per heavy atom. The molecule has 0 saturated heterocycles. The van der Waals surface area contributed by atoms with Crippen LogP contribution >= 0.6 is 0 Å². The Labute approximate surface area is 171 Å². The third-order valence-electron chi connectivity index (χ3n) is 5.72. The highest BCUT2D eigenvalue weighted by Crippen LogP contribution is 2.46. The lowest BCUT2D eigenvalue weighted by Gasteiger charge is -2.41. The van der Waals surface area contributed by atoms with Crippen molar-refractivity contribution in [2.75, 3.05) is 16.0 Å². The van der Waals surface area contributed by atoms with E-state index in [1.54, 1.807) is 0 Å². The molecule has 29 heavy (non-hydrogen) atoms. The molecule has 1 aliphatic heterocycles. The second-order valence-electron chi connectivity index (χ2n) is 7.85. The maximum absolute atomic E-state index is 6.90. The van der Waals surface area contributed by atoms with Crippen LogP contribution in [0.4, 0.5) is 22.7 Å². The number of rotatable bonds is 2. The minimum absolute atomic E-state index is 0.567. The Morgan fingerprint density at radius 1 is 0.966 bits per heavy atom. The molecule has 5 N–H and O–H groups in total. The Balaban J connectivity index is 1.66. The quantitative estimate of drug-likeness (QED) is 0.537. The molecule has 3 aromatic carbocycles. The van der Waals surface area contributed by atoms with Gasteiger partial charge < -0.3 is 21.7 Å². The number of aryl methyl sites for hydroxylation is 1. The summed E-state index contributed by atoms with van der Waals surface area (Å²) in [4.78, 5) is 2.28. The summed E-state index contributed by atoms with van der Waals surface area (Å²) in [7, 11) is 0. The fourth-order valence-corrected chi connectivity index (χ4v) is 4.14. The van der Waals surface area contributed by atoms with Gasteiger partial charge in [-0.05, 0) is 48.9 Å². The lowest BCUT2D eigenvalue weighted by molar-refractivity contribution is 0.539. The molecular weight excluding hydrogens is 356 g/mol. The highest BCUT2D eigenvalue weighted by atomic mass is 15.2. The van der Waals surface area contributed by atoms with Gasteiger partial charge in [0.05, 0.1) is 22.6 Å². The van der Waals surface area contributed by atoms with Crippen LogP contribution in [0.2, 0.25) is 0 Å². The van der Waals surface area contributed by atoms with E-state index >= 15 is 0 Å². The molecule has 3 aromatic rings. The third-order valence-corrected chi connectivity index (χ3v) is 5.72. The van der Waals surface area contributed by atoms with E-state index in [9.17, 15) is 0 Å². The number of nitrogens with two attached hydrogens (primary N) is 2. The van der Waals surface area contributed by atoms with E-state index in [-0.39, 0.29) is 0 Å². The molecule has 1 unspecified atom stereocenters. The Morgan fingerprint density at radius 2 is 1.72 bits per heavy atom. The van der Waals surface area contributed by atoms with Crippen LogP contribution in [-0.2, 0) is 5.54 Å². The van der Waals surface area contributed by atoms with Crippen LogP contribution in [0, 0.1) is 6.92 Å². The number of benzene rings is 3. The van der Waals surface area contributed by atoms with Crippen molar-refractivity contribution in [3.63, 3.8) is 0 Å². The third kappa shape index (κ3) is 2.98. The lowest BCUT2D eigenvalue weighted by Crippen LogP contribution is -2.41. The zero-order chi connectivity index (χ0) is 20.0. The summed E-state index contributed by atoms with van der Waals surface area (Å²) in [6.07, 6.45) is 4.88. The minimum Gasteiger partial charge on any atom is -0.399 e. The first-order chi connectivity index (χ1) is 14.0. The van der Waals surface area contributed by atoms with Crippen LogP contribution in [-0.4, -0.2) is 0 Å². The average Bonchev–Trinajstić information content (AvgIpc) is 2.74. The summed E-state index contributed by atoms with van der Waals surface area (Å²) >= 11 is 0. The van der Waals surface area contributed by atoms with Crippen LogP contribution in [0.3, 0.4) is 0 Å². The van der Waals surface area contributed by atoms with Crippen LogP contribution in [0.1, 0.15) is 17.5 Å². The highest BCUT2D eigenvalue weighted by Gasteiger charge is 2.36. The van der Waals surface area contributed by atoms with Crippen LogP contribution < -0.4 is 21.7 Å². The van der Waals surface area contributed by atoms with Crippen molar-refractivity contribution in [2.45, 2.75) is 18.9 Å². The molecule has 0 spiro atoms. The first-order valence-electron chi connectivity index (χ1n) is 9.84. The fraction of sp³-hybridized carbons (Fsp3) is 0.120. The molecule has 0 aromatic heterocycles. The average molecular weight is 380 g/mol. The number of fused-ring (bicyclic) bond motifs is 1. The van der Waals surface area contributed by atoms with Crippen molar-refractivity contribution in [1.29, 1.82) is 0 Å². The van der Waals surface area contributed by atoms with Gasteiger partial charge in [-0.3, -0.25) is 0 Å². The van der Waals surface area contributed by atoms with Gasteiger partial charge in [-0.1, -0.05) is 54.1 Å². The predicted molar refractivity (Wildman–Crippen MR) is 121 cm³/mol. The molecule has 4 nitrogen and oxygen atoms in total. The van der Waals surface area contributed by atoms with Gasteiger partial charge in [0.1, 0.15) is 0 Å². The van der Waals surface area contributed by atoms with Crippen molar-refractivity contribution in [3.8, 4) is 0 Å². The van der Waals surface area contributed by atoms with E-state index in [1.165, 1.54) is 5.56 Å². The van der Waals surface area contributed by atoms with Gasteiger partial charge in [0.2, 0.25) is 0 Å². The molecule has 0 bridgehead atoms. The SMILES string of the molecule is Cc1ccc(N2C3=C(C=CC(N)(c4ccccc4)C3)Nc3ccc(N)cc32)cc1. The van der Waals surface area contributed by atoms with Gasteiger partial charge in [-0.2, -0.15) is 0 Å². The fourth-order valence-electron chi connectivity index (χ4n) is 4.14. The standard InChI is InChI=1S/C25H24N4/c1-17-7-10-20(11-8-17)29-23-15-19(26)9-12-21(23)28-22-13-14-25(27,16-24(22)29)18-5-3-2-4-6-18/h2-15,28H,16,26-27H2,1H3. The summed E-state index contributed by atoms with van der Waals surface area (Å²) in [6.45, 7) is 2.10. The number of nitrogens with zero attached hydrogens (tertiary/aromatic N) is 1. The largest absolute Gasteiger partial charge is 0.399 e. The maximum Gasteiger partial charge on any atom is 0.0715 e. The molecule has 4 heteroatoms. The number of hydrogen-bond donors (Lipinski definition) is 3. The summed E-state index contributed by atoms with van der Waals surface area (Å²) < 4.78 is 0. The lowest BCUT2D eigenvalue weighted by atomic mass is 9.81. The minimum atomic E-state index is -0.567. The number of nitrogen functional groups attached to an aromatic ring is 1. The molecule has 1 heterocycles. The number of nitrogens with one attached hydrogen (secondary N) is 1. The summed E-state index contributed by atoms with van der Waals surface area (Å²) in [5.41, 5.74) is 20.9. The Hall–Kier alpha value is -3.50. The van der Waals surface area contributed by atoms with Crippen molar-refractivity contribution in [2.24, 2.45) is 5.73 Å². The molecule has 0 amide bonds. The predicted octanol–water partition coefficient (Wildman–Crippen LogP) is 5.17. The molecule has 0 saturated carbocycles.